The predicted molar refractivity (Wildman–Crippen MR) is 123 cm³/mol. The summed E-state index contributed by atoms with van der Waals surface area (Å²) >= 11 is 0. The minimum atomic E-state index is -3.90. The zero-order chi connectivity index (χ0) is 22.9. The van der Waals surface area contributed by atoms with Crippen molar-refractivity contribution in [2.24, 2.45) is 0 Å². The minimum Gasteiger partial charge on any atom is -0.493 e. The lowest BCUT2D eigenvalue weighted by atomic mass is 10.1. The fourth-order valence-electron chi connectivity index (χ4n) is 4.55. The molecule has 2 saturated heterocycles. The molecule has 8 nitrogen and oxygen atoms in total. The molecule has 0 amide bonds. The van der Waals surface area contributed by atoms with E-state index >= 15 is 0 Å². The maximum Gasteiger partial charge on any atom is 0.183 e. The van der Waals surface area contributed by atoms with Gasteiger partial charge in [-0.2, -0.15) is 0 Å². The molecule has 2 aromatic rings. The van der Waals surface area contributed by atoms with Gasteiger partial charge in [0.2, 0.25) is 0 Å². The highest BCUT2D eigenvalue weighted by molar-refractivity contribution is 7.96. The molecule has 0 N–H and O–H groups in total. The van der Waals surface area contributed by atoms with Crippen LogP contribution in [-0.4, -0.2) is 84.9 Å². The van der Waals surface area contributed by atoms with Gasteiger partial charge in [0.05, 0.1) is 35.9 Å². The highest BCUT2D eigenvalue weighted by Gasteiger charge is 2.48. The fourth-order valence-corrected chi connectivity index (χ4v) is 9.40. The van der Waals surface area contributed by atoms with E-state index < -0.39 is 31.0 Å². The Balaban J connectivity index is 1.58. The summed E-state index contributed by atoms with van der Waals surface area (Å²) in [6.07, 6.45) is 0. The van der Waals surface area contributed by atoms with Gasteiger partial charge in [0, 0.05) is 44.0 Å². The van der Waals surface area contributed by atoms with Gasteiger partial charge in [0.1, 0.15) is 0 Å². The van der Waals surface area contributed by atoms with Crippen molar-refractivity contribution in [1.82, 2.24) is 4.90 Å². The number of nitrogens with zero attached hydrogens (tertiary/aromatic N) is 2. The number of para-hydroxylation sites is 1. The van der Waals surface area contributed by atoms with Gasteiger partial charge in [-0.3, -0.25) is 4.90 Å². The first kappa shape index (κ1) is 22.9. The average Bonchev–Trinajstić information content (AvgIpc) is 3.15. The lowest BCUT2D eigenvalue weighted by molar-refractivity contribution is 0.201. The Morgan fingerprint density at radius 2 is 1.53 bits per heavy atom. The summed E-state index contributed by atoms with van der Waals surface area (Å²) in [6.45, 7) is 2.63. The summed E-state index contributed by atoms with van der Waals surface area (Å²) in [7, 11) is -4.46. The summed E-state index contributed by atoms with van der Waals surface area (Å²) < 4.78 is 62.6. The maximum atomic E-state index is 13.5. The van der Waals surface area contributed by atoms with Gasteiger partial charge in [-0.15, -0.1) is 0 Å². The van der Waals surface area contributed by atoms with Crippen molar-refractivity contribution in [2.75, 3.05) is 56.8 Å². The molecular weight excluding hydrogens is 452 g/mol. The molecule has 2 aliphatic rings. The van der Waals surface area contributed by atoms with E-state index in [0.717, 1.165) is 5.69 Å². The highest BCUT2D eigenvalue weighted by atomic mass is 32.2. The molecule has 0 radical (unpaired) electrons. The second-order valence-corrected chi connectivity index (χ2v) is 12.4. The number of anilines is 1. The van der Waals surface area contributed by atoms with E-state index in [1.54, 1.807) is 0 Å². The minimum absolute atomic E-state index is 0.0465. The predicted octanol–water partition coefficient (Wildman–Crippen LogP) is 1.47. The molecule has 174 valence electrons. The first-order chi connectivity index (χ1) is 15.2. The molecule has 10 heteroatoms. The van der Waals surface area contributed by atoms with Gasteiger partial charge in [0.15, 0.2) is 31.2 Å². The quantitative estimate of drug-likeness (QED) is 0.614. The van der Waals surface area contributed by atoms with Crippen molar-refractivity contribution < 1.29 is 26.3 Å². The molecule has 0 bridgehead atoms. The molecule has 2 aliphatic heterocycles. The second kappa shape index (κ2) is 8.92. The fraction of sp³-hybridized carbons (Fsp3) is 0.455. The van der Waals surface area contributed by atoms with Crippen LogP contribution in [0.25, 0.3) is 0 Å². The Morgan fingerprint density at radius 1 is 0.875 bits per heavy atom. The van der Waals surface area contributed by atoms with Gasteiger partial charge in [-0.05, 0) is 24.3 Å². The molecule has 0 aliphatic carbocycles. The first-order valence-electron chi connectivity index (χ1n) is 10.5. The standard InChI is InChI=1S/C22H28N2O6S2/c1-29-20-9-8-18(14-21(20)30-2)32(27,28)22-16-31(25,26)15-19(22)24-12-10-23(11-13-24)17-6-4-3-5-7-17/h3-9,14,19,22H,10-13,15-16H2,1-2H3/t19-,22-/m0/s1. The van der Waals surface area contributed by atoms with Gasteiger partial charge in [0.25, 0.3) is 0 Å². The maximum absolute atomic E-state index is 13.5. The summed E-state index contributed by atoms with van der Waals surface area (Å²) in [5.74, 6) is 0.199. The van der Waals surface area contributed by atoms with Crippen LogP contribution in [0.3, 0.4) is 0 Å². The largest absolute Gasteiger partial charge is 0.493 e. The molecule has 0 spiro atoms. The number of ether oxygens (including phenoxy) is 2. The summed E-state index contributed by atoms with van der Waals surface area (Å²) in [6, 6.07) is 13.8. The first-order valence-corrected chi connectivity index (χ1v) is 13.8. The van der Waals surface area contributed by atoms with Crippen molar-refractivity contribution in [2.45, 2.75) is 16.2 Å². The zero-order valence-electron chi connectivity index (χ0n) is 18.2. The Kier molecular flexibility index (Phi) is 6.37. The van der Waals surface area contributed by atoms with Gasteiger partial charge in [-0.25, -0.2) is 16.8 Å². The van der Waals surface area contributed by atoms with Crippen LogP contribution in [0.2, 0.25) is 0 Å². The van der Waals surface area contributed by atoms with Crippen LogP contribution in [0.15, 0.2) is 53.4 Å². The van der Waals surface area contributed by atoms with E-state index in [0.29, 0.717) is 37.7 Å². The second-order valence-electron chi connectivity index (χ2n) is 8.10. The van der Waals surface area contributed by atoms with E-state index in [1.807, 2.05) is 35.2 Å². The third-order valence-corrected chi connectivity index (χ3v) is 10.4. The summed E-state index contributed by atoms with van der Waals surface area (Å²) in [5, 5.41) is -1.02. The molecule has 4 rings (SSSR count). The smallest absolute Gasteiger partial charge is 0.183 e. The van der Waals surface area contributed by atoms with Gasteiger partial charge < -0.3 is 14.4 Å². The Labute approximate surface area is 189 Å². The lowest BCUT2D eigenvalue weighted by Gasteiger charge is -2.40. The van der Waals surface area contributed by atoms with Crippen LogP contribution in [-0.2, 0) is 19.7 Å². The average molecular weight is 481 g/mol. The Hall–Kier alpha value is -2.30. The molecule has 0 unspecified atom stereocenters. The van der Waals surface area contributed by atoms with E-state index in [1.165, 1.54) is 32.4 Å². The van der Waals surface area contributed by atoms with Gasteiger partial charge >= 0.3 is 0 Å². The summed E-state index contributed by atoms with van der Waals surface area (Å²) in [4.78, 5) is 4.30. The molecule has 0 saturated carbocycles. The van der Waals surface area contributed by atoms with Crippen molar-refractivity contribution in [3.05, 3.63) is 48.5 Å². The van der Waals surface area contributed by atoms with Crippen molar-refractivity contribution in [3.63, 3.8) is 0 Å². The van der Waals surface area contributed by atoms with Crippen LogP contribution in [0.1, 0.15) is 0 Å². The number of benzene rings is 2. The van der Waals surface area contributed by atoms with E-state index in [9.17, 15) is 16.8 Å². The molecule has 2 fully saturated rings. The van der Waals surface area contributed by atoms with Crippen molar-refractivity contribution >= 4 is 25.4 Å². The molecule has 2 aromatic carbocycles. The molecule has 2 atom stereocenters. The summed E-state index contributed by atoms with van der Waals surface area (Å²) in [5.41, 5.74) is 1.11. The number of hydrogen-bond acceptors (Lipinski definition) is 8. The number of methoxy groups -OCH3 is 2. The van der Waals surface area contributed by atoms with Crippen LogP contribution in [0, 0.1) is 0 Å². The van der Waals surface area contributed by atoms with Crippen LogP contribution in [0.4, 0.5) is 5.69 Å². The van der Waals surface area contributed by atoms with Crippen molar-refractivity contribution in [3.8, 4) is 11.5 Å². The lowest BCUT2D eigenvalue weighted by Crippen LogP contribution is -2.55. The molecule has 0 aromatic heterocycles. The van der Waals surface area contributed by atoms with E-state index in [4.69, 9.17) is 9.47 Å². The van der Waals surface area contributed by atoms with Crippen molar-refractivity contribution in [1.29, 1.82) is 0 Å². The zero-order valence-corrected chi connectivity index (χ0v) is 19.8. The number of rotatable bonds is 6. The SMILES string of the molecule is COc1ccc(S(=O)(=O)[C@H]2CS(=O)(=O)C[C@@H]2N2CCN(c3ccccc3)CC2)cc1OC. The topological polar surface area (TPSA) is 93.2 Å². The normalized spacial score (nSPS) is 23.8. The highest BCUT2D eigenvalue weighted by Crippen LogP contribution is 2.34. The van der Waals surface area contributed by atoms with E-state index in [2.05, 4.69) is 4.90 Å². The molecule has 32 heavy (non-hydrogen) atoms. The third kappa shape index (κ3) is 4.44. The molecule has 2 heterocycles. The van der Waals surface area contributed by atoms with Crippen LogP contribution < -0.4 is 14.4 Å². The number of hydrogen-bond donors (Lipinski definition) is 0. The Bertz CT molecular complexity index is 1160. The third-order valence-electron chi connectivity index (χ3n) is 6.26. The van der Waals surface area contributed by atoms with E-state index in [-0.39, 0.29) is 16.4 Å². The number of piperazine rings is 1. The Morgan fingerprint density at radius 3 is 2.16 bits per heavy atom. The monoisotopic (exact) mass is 480 g/mol. The van der Waals surface area contributed by atoms with Gasteiger partial charge in [-0.1, -0.05) is 18.2 Å². The molecular formula is C22H28N2O6S2. The number of sulfone groups is 2. The van der Waals surface area contributed by atoms with Crippen LogP contribution >= 0.6 is 0 Å². The van der Waals surface area contributed by atoms with Crippen LogP contribution in [0.5, 0.6) is 11.5 Å².